The molecule has 6 nitrogen and oxygen atoms in total. The maximum atomic E-state index is 10.4. The van der Waals surface area contributed by atoms with Crippen molar-refractivity contribution in [2.45, 2.75) is 12.8 Å². The summed E-state index contributed by atoms with van der Waals surface area (Å²) in [7, 11) is 0. The number of nitro benzene ring substituents is 1. The van der Waals surface area contributed by atoms with E-state index in [-0.39, 0.29) is 18.7 Å². The van der Waals surface area contributed by atoms with Crippen LogP contribution in [0, 0.1) is 10.1 Å². The van der Waals surface area contributed by atoms with Crippen LogP contribution in [-0.2, 0) is 4.79 Å². The Morgan fingerprint density at radius 2 is 2.25 bits per heavy atom. The lowest BCUT2D eigenvalue weighted by molar-refractivity contribution is -0.384. The lowest BCUT2D eigenvalue weighted by Crippen LogP contribution is -2.02. The van der Waals surface area contributed by atoms with Crippen LogP contribution < -0.4 is 4.74 Å². The Kier molecular flexibility index (Phi) is 4.26. The molecule has 0 bridgehead atoms. The highest BCUT2D eigenvalue weighted by atomic mass is 16.6. The molecule has 0 aliphatic carbocycles. The van der Waals surface area contributed by atoms with E-state index in [9.17, 15) is 14.9 Å². The fourth-order valence-electron chi connectivity index (χ4n) is 1.10. The van der Waals surface area contributed by atoms with E-state index in [1.54, 1.807) is 6.07 Å². The van der Waals surface area contributed by atoms with Gasteiger partial charge in [0.25, 0.3) is 5.69 Å². The molecule has 86 valence electrons. The zero-order chi connectivity index (χ0) is 12.0. The first-order chi connectivity index (χ1) is 7.59. The normalized spacial score (nSPS) is 9.75. The number of ether oxygens (including phenoxy) is 1. The van der Waals surface area contributed by atoms with Gasteiger partial charge in [-0.1, -0.05) is 6.07 Å². The Labute approximate surface area is 91.6 Å². The van der Waals surface area contributed by atoms with E-state index in [2.05, 4.69) is 0 Å². The first-order valence-electron chi connectivity index (χ1n) is 4.68. The van der Waals surface area contributed by atoms with Crippen LogP contribution in [0.3, 0.4) is 0 Å². The monoisotopic (exact) mass is 225 g/mol. The summed E-state index contributed by atoms with van der Waals surface area (Å²) in [5, 5.41) is 18.8. The summed E-state index contributed by atoms with van der Waals surface area (Å²) in [6, 6.07) is 5.78. The average Bonchev–Trinajstić information content (AvgIpc) is 2.24. The lowest BCUT2D eigenvalue weighted by atomic mass is 10.3. The molecule has 1 aromatic carbocycles. The third-order valence-electron chi connectivity index (χ3n) is 1.83. The van der Waals surface area contributed by atoms with Crippen LogP contribution in [-0.4, -0.2) is 22.6 Å². The van der Waals surface area contributed by atoms with Gasteiger partial charge in [0, 0.05) is 12.5 Å². The summed E-state index contributed by atoms with van der Waals surface area (Å²) >= 11 is 0. The average molecular weight is 225 g/mol. The van der Waals surface area contributed by atoms with Gasteiger partial charge in [0.05, 0.1) is 17.6 Å². The smallest absolute Gasteiger partial charge is 0.303 e. The van der Waals surface area contributed by atoms with Gasteiger partial charge < -0.3 is 9.84 Å². The SMILES string of the molecule is O=C(O)CCCOc1cccc([N+](=O)[O-])c1. The molecule has 0 radical (unpaired) electrons. The van der Waals surface area contributed by atoms with Gasteiger partial charge in [-0.2, -0.15) is 0 Å². The number of hydrogen-bond acceptors (Lipinski definition) is 4. The fourth-order valence-corrected chi connectivity index (χ4v) is 1.10. The molecule has 0 aliphatic rings. The largest absolute Gasteiger partial charge is 0.493 e. The quantitative estimate of drug-likeness (QED) is 0.453. The molecule has 6 heteroatoms. The number of carbonyl (C=O) groups is 1. The second-order valence-electron chi connectivity index (χ2n) is 3.10. The van der Waals surface area contributed by atoms with E-state index in [4.69, 9.17) is 9.84 Å². The van der Waals surface area contributed by atoms with Gasteiger partial charge in [-0.25, -0.2) is 0 Å². The maximum Gasteiger partial charge on any atom is 0.303 e. The molecule has 0 aromatic heterocycles. The Hall–Kier alpha value is -2.11. The van der Waals surface area contributed by atoms with Crippen molar-refractivity contribution in [2.75, 3.05) is 6.61 Å². The molecule has 0 spiro atoms. The van der Waals surface area contributed by atoms with Crippen molar-refractivity contribution >= 4 is 11.7 Å². The highest BCUT2D eigenvalue weighted by Gasteiger charge is 2.06. The topological polar surface area (TPSA) is 89.7 Å². The Balaban J connectivity index is 2.45. The third kappa shape index (κ3) is 3.95. The van der Waals surface area contributed by atoms with Crippen molar-refractivity contribution in [3.8, 4) is 5.75 Å². The van der Waals surface area contributed by atoms with Gasteiger partial charge in [-0.15, -0.1) is 0 Å². The predicted molar refractivity (Wildman–Crippen MR) is 55.5 cm³/mol. The van der Waals surface area contributed by atoms with Gasteiger partial charge >= 0.3 is 5.97 Å². The number of rotatable bonds is 6. The molecule has 0 aliphatic heterocycles. The molecule has 16 heavy (non-hydrogen) atoms. The van der Waals surface area contributed by atoms with Crippen LogP contribution in [0.5, 0.6) is 5.75 Å². The minimum absolute atomic E-state index is 0.0227. The predicted octanol–water partition coefficient (Wildman–Crippen LogP) is 1.84. The molecule has 0 atom stereocenters. The zero-order valence-electron chi connectivity index (χ0n) is 8.46. The second kappa shape index (κ2) is 5.69. The minimum atomic E-state index is -0.886. The number of hydrogen-bond donors (Lipinski definition) is 1. The highest BCUT2D eigenvalue weighted by Crippen LogP contribution is 2.19. The summed E-state index contributed by atoms with van der Waals surface area (Å²) in [5.74, 6) is -0.512. The van der Waals surface area contributed by atoms with E-state index in [0.29, 0.717) is 12.2 Å². The lowest BCUT2D eigenvalue weighted by Gasteiger charge is -2.04. The van der Waals surface area contributed by atoms with Crippen LogP contribution in [0.1, 0.15) is 12.8 Å². The minimum Gasteiger partial charge on any atom is -0.493 e. The molecule has 0 unspecified atom stereocenters. The van der Waals surface area contributed by atoms with Crippen molar-refractivity contribution in [1.82, 2.24) is 0 Å². The maximum absolute atomic E-state index is 10.4. The Morgan fingerprint density at radius 3 is 2.88 bits per heavy atom. The zero-order valence-corrected chi connectivity index (χ0v) is 8.46. The molecule has 0 heterocycles. The summed E-state index contributed by atoms with van der Waals surface area (Å²) in [6.07, 6.45) is 0.396. The van der Waals surface area contributed by atoms with Crippen molar-refractivity contribution in [2.24, 2.45) is 0 Å². The third-order valence-corrected chi connectivity index (χ3v) is 1.83. The molecule has 1 aromatic rings. The van der Waals surface area contributed by atoms with Crippen molar-refractivity contribution in [3.05, 3.63) is 34.4 Å². The molecule has 1 N–H and O–H groups in total. The Bertz CT molecular complexity index is 391. The van der Waals surface area contributed by atoms with Crippen molar-refractivity contribution < 1.29 is 19.6 Å². The molecule has 0 saturated heterocycles. The molecule has 0 saturated carbocycles. The first kappa shape index (κ1) is 12.0. The van der Waals surface area contributed by atoms with Crippen LogP contribution in [0.4, 0.5) is 5.69 Å². The number of carboxylic acid groups (broad SMARTS) is 1. The van der Waals surface area contributed by atoms with Crippen LogP contribution >= 0.6 is 0 Å². The molecule has 1 rings (SSSR count). The van der Waals surface area contributed by atoms with Crippen LogP contribution in [0.25, 0.3) is 0 Å². The second-order valence-corrected chi connectivity index (χ2v) is 3.10. The highest BCUT2D eigenvalue weighted by molar-refractivity contribution is 5.66. The molecule has 0 amide bonds. The van der Waals surface area contributed by atoms with E-state index >= 15 is 0 Å². The van der Waals surface area contributed by atoms with E-state index in [0.717, 1.165) is 0 Å². The van der Waals surface area contributed by atoms with Crippen LogP contribution in [0.15, 0.2) is 24.3 Å². The van der Waals surface area contributed by atoms with Gasteiger partial charge in [-0.05, 0) is 12.5 Å². The molecular weight excluding hydrogens is 214 g/mol. The number of non-ortho nitro benzene ring substituents is 1. The van der Waals surface area contributed by atoms with E-state index in [1.807, 2.05) is 0 Å². The van der Waals surface area contributed by atoms with E-state index in [1.165, 1.54) is 18.2 Å². The van der Waals surface area contributed by atoms with Gasteiger partial charge in [-0.3, -0.25) is 14.9 Å². The number of nitrogens with zero attached hydrogens (tertiary/aromatic N) is 1. The Morgan fingerprint density at radius 1 is 1.50 bits per heavy atom. The number of benzene rings is 1. The van der Waals surface area contributed by atoms with Crippen LogP contribution in [0.2, 0.25) is 0 Å². The van der Waals surface area contributed by atoms with Gasteiger partial charge in [0.1, 0.15) is 5.75 Å². The first-order valence-corrected chi connectivity index (χ1v) is 4.68. The fraction of sp³-hybridized carbons (Fsp3) is 0.300. The van der Waals surface area contributed by atoms with Crippen molar-refractivity contribution in [1.29, 1.82) is 0 Å². The molecular formula is C10H11NO5. The van der Waals surface area contributed by atoms with Crippen molar-refractivity contribution in [3.63, 3.8) is 0 Å². The number of nitro groups is 1. The summed E-state index contributed by atoms with van der Waals surface area (Å²) in [4.78, 5) is 20.1. The standard InChI is InChI=1S/C10H11NO5/c12-10(13)5-2-6-16-9-4-1-3-8(7-9)11(14)15/h1,3-4,7H,2,5-6H2,(H,12,13). The summed E-state index contributed by atoms with van der Waals surface area (Å²) in [6.45, 7) is 0.230. The number of aliphatic carboxylic acids is 1. The molecule has 0 fully saturated rings. The summed E-state index contributed by atoms with van der Waals surface area (Å²) in [5.41, 5.74) is -0.0456. The number of carboxylic acids is 1. The van der Waals surface area contributed by atoms with Gasteiger partial charge in [0.2, 0.25) is 0 Å². The van der Waals surface area contributed by atoms with E-state index < -0.39 is 10.9 Å². The summed E-state index contributed by atoms with van der Waals surface area (Å²) < 4.78 is 5.18. The van der Waals surface area contributed by atoms with Gasteiger partial charge in [0.15, 0.2) is 0 Å².